The molecule has 0 aliphatic heterocycles. The molecule has 0 saturated heterocycles. The Morgan fingerprint density at radius 3 is 2.59 bits per heavy atom. The number of hydrogen-bond donors (Lipinski definition) is 1. The van der Waals surface area contributed by atoms with Gasteiger partial charge in [-0.05, 0) is 24.8 Å². The minimum atomic E-state index is -0.531. The average Bonchev–Trinajstić information content (AvgIpc) is 2.15. The molecule has 1 aromatic rings. The van der Waals surface area contributed by atoms with Crippen LogP contribution < -0.4 is 5.73 Å². The second-order valence-corrected chi connectivity index (χ2v) is 4.18. The molecule has 0 radical (unpaired) electrons. The lowest BCUT2D eigenvalue weighted by Gasteiger charge is -2.31. The Morgan fingerprint density at radius 1 is 1.47 bits per heavy atom. The van der Waals surface area contributed by atoms with Crippen LogP contribution in [-0.4, -0.2) is 4.92 Å². The number of halogens is 2. The molecular weight excluding hydrogens is 247 g/mol. The summed E-state index contributed by atoms with van der Waals surface area (Å²) in [4.78, 5) is 10.1. The third-order valence-corrected chi connectivity index (χ3v) is 3.21. The monoisotopic (exact) mass is 260 g/mol. The van der Waals surface area contributed by atoms with E-state index in [0.29, 0.717) is 0 Å². The molecule has 1 fully saturated rings. The fourth-order valence-electron chi connectivity index (χ4n) is 1.95. The van der Waals surface area contributed by atoms with Crippen molar-refractivity contribution in [1.82, 2.24) is 0 Å². The predicted octanol–water partition coefficient (Wildman–Crippen LogP) is 2.96. The van der Waals surface area contributed by atoms with E-state index in [1.165, 1.54) is 6.07 Å². The van der Waals surface area contributed by atoms with Crippen LogP contribution in [0.1, 0.15) is 30.9 Å². The maximum absolute atomic E-state index is 13.5. The van der Waals surface area contributed by atoms with Gasteiger partial charge < -0.3 is 5.73 Å². The van der Waals surface area contributed by atoms with Gasteiger partial charge in [0, 0.05) is 23.7 Å². The summed E-state index contributed by atoms with van der Waals surface area (Å²) in [6.45, 7) is 0. The van der Waals surface area contributed by atoms with E-state index in [4.69, 9.17) is 5.73 Å². The standard InChI is InChI=1S/C11H13FN2O2.ClH/c12-10-5-4-8(14(15)16)6-9(10)11(13)7-2-1-3-7;/h4-7,11H,1-3,13H2;1H/t11-;/m0./s1. The zero-order valence-electron chi connectivity index (χ0n) is 9.14. The Kier molecular flexibility index (Phi) is 4.42. The highest BCUT2D eigenvalue weighted by Gasteiger charge is 2.28. The minimum Gasteiger partial charge on any atom is -0.324 e. The summed E-state index contributed by atoms with van der Waals surface area (Å²) in [5, 5.41) is 10.6. The van der Waals surface area contributed by atoms with E-state index in [1.807, 2.05) is 0 Å². The van der Waals surface area contributed by atoms with Crippen LogP contribution in [0, 0.1) is 21.8 Å². The van der Waals surface area contributed by atoms with E-state index >= 15 is 0 Å². The molecule has 1 aromatic carbocycles. The lowest BCUT2D eigenvalue weighted by molar-refractivity contribution is -0.385. The van der Waals surface area contributed by atoms with Crippen molar-refractivity contribution >= 4 is 18.1 Å². The summed E-state index contributed by atoms with van der Waals surface area (Å²) in [5.41, 5.74) is 6.07. The SMILES string of the molecule is Cl.N[C@H](c1cc([N+](=O)[O-])ccc1F)C1CCC1. The van der Waals surface area contributed by atoms with Crippen molar-refractivity contribution in [1.29, 1.82) is 0 Å². The van der Waals surface area contributed by atoms with Gasteiger partial charge in [-0.3, -0.25) is 10.1 Å². The van der Waals surface area contributed by atoms with Gasteiger partial charge in [0.05, 0.1) is 4.92 Å². The Hall–Kier alpha value is -1.20. The first kappa shape index (κ1) is 13.9. The molecule has 17 heavy (non-hydrogen) atoms. The van der Waals surface area contributed by atoms with Gasteiger partial charge in [0.15, 0.2) is 0 Å². The molecule has 4 nitrogen and oxygen atoms in total. The number of nitrogens with zero attached hydrogens (tertiary/aromatic N) is 1. The van der Waals surface area contributed by atoms with Crippen molar-refractivity contribution < 1.29 is 9.31 Å². The molecule has 1 aliphatic carbocycles. The number of nitro groups is 1. The highest BCUT2D eigenvalue weighted by atomic mass is 35.5. The molecule has 0 aromatic heterocycles. The van der Waals surface area contributed by atoms with Crippen molar-refractivity contribution in [2.45, 2.75) is 25.3 Å². The van der Waals surface area contributed by atoms with Crippen molar-refractivity contribution in [2.24, 2.45) is 11.7 Å². The zero-order valence-corrected chi connectivity index (χ0v) is 9.95. The molecule has 2 rings (SSSR count). The Balaban J connectivity index is 0.00000144. The van der Waals surface area contributed by atoms with Gasteiger partial charge in [-0.2, -0.15) is 0 Å². The van der Waals surface area contributed by atoms with Gasteiger partial charge in [0.2, 0.25) is 0 Å². The lowest BCUT2D eigenvalue weighted by Crippen LogP contribution is -2.27. The number of nitrogens with two attached hydrogens (primary N) is 1. The van der Waals surface area contributed by atoms with E-state index in [-0.39, 0.29) is 29.6 Å². The Labute approximate surface area is 105 Å². The summed E-state index contributed by atoms with van der Waals surface area (Å²) >= 11 is 0. The van der Waals surface area contributed by atoms with Gasteiger partial charge in [0.25, 0.3) is 5.69 Å². The van der Waals surface area contributed by atoms with Crippen LogP contribution in [0.15, 0.2) is 18.2 Å². The van der Waals surface area contributed by atoms with Crippen LogP contribution in [0.25, 0.3) is 0 Å². The molecule has 0 unspecified atom stereocenters. The van der Waals surface area contributed by atoms with Gasteiger partial charge >= 0.3 is 0 Å². The van der Waals surface area contributed by atoms with Crippen LogP contribution in [0.4, 0.5) is 10.1 Å². The third-order valence-electron chi connectivity index (χ3n) is 3.21. The van der Waals surface area contributed by atoms with Crippen molar-refractivity contribution in [3.63, 3.8) is 0 Å². The topological polar surface area (TPSA) is 69.2 Å². The quantitative estimate of drug-likeness (QED) is 0.671. The van der Waals surface area contributed by atoms with Gasteiger partial charge in [-0.15, -0.1) is 12.4 Å². The average molecular weight is 261 g/mol. The largest absolute Gasteiger partial charge is 0.324 e. The van der Waals surface area contributed by atoms with Crippen LogP contribution >= 0.6 is 12.4 Å². The molecule has 0 heterocycles. The lowest BCUT2D eigenvalue weighted by atomic mass is 9.77. The van der Waals surface area contributed by atoms with Crippen LogP contribution in [0.3, 0.4) is 0 Å². The Morgan fingerprint density at radius 2 is 2.12 bits per heavy atom. The van der Waals surface area contributed by atoms with Crippen molar-refractivity contribution in [2.75, 3.05) is 0 Å². The van der Waals surface area contributed by atoms with Crippen molar-refractivity contribution in [3.05, 3.63) is 39.7 Å². The summed E-state index contributed by atoms with van der Waals surface area (Å²) in [6.07, 6.45) is 3.06. The fraction of sp³-hybridized carbons (Fsp3) is 0.455. The molecule has 1 saturated carbocycles. The predicted molar refractivity (Wildman–Crippen MR) is 64.6 cm³/mol. The number of nitro benzene ring substituents is 1. The van der Waals surface area contributed by atoms with Gasteiger partial charge in [-0.25, -0.2) is 4.39 Å². The molecule has 1 atom stereocenters. The van der Waals surface area contributed by atoms with Crippen LogP contribution in [-0.2, 0) is 0 Å². The number of benzene rings is 1. The Bertz CT molecular complexity index is 424. The second kappa shape index (κ2) is 5.42. The number of non-ortho nitro benzene ring substituents is 1. The summed E-state index contributed by atoms with van der Waals surface area (Å²) in [5.74, 6) is -0.193. The maximum atomic E-state index is 13.5. The first-order chi connectivity index (χ1) is 7.59. The maximum Gasteiger partial charge on any atom is 0.269 e. The zero-order chi connectivity index (χ0) is 11.7. The van der Waals surface area contributed by atoms with E-state index in [0.717, 1.165) is 31.4 Å². The molecule has 94 valence electrons. The van der Waals surface area contributed by atoms with E-state index in [9.17, 15) is 14.5 Å². The number of rotatable bonds is 3. The second-order valence-electron chi connectivity index (χ2n) is 4.18. The number of hydrogen-bond acceptors (Lipinski definition) is 3. The summed E-state index contributed by atoms with van der Waals surface area (Å²) in [6, 6.07) is 3.10. The van der Waals surface area contributed by atoms with Gasteiger partial charge in [-0.1, -0.05) is 6.42 Å². The molecule has 1 aliphatic rings. The van der Waals surface area contributed by atoms with E-state index in [2.05, 4.69) is 0 Å². The molecule has 6 heteroatoms. The third kappa shape index (κ3) is 2.73. The highest BCUT2D eigenvalue weighted by molar-refractivity contribution is 5.85. The minimum absolute atomic E-state index is 0. The molecule has 0 amide bonds. The molecular formula is C11H14ClFN2O2. The summed E-state index contributed by atoms with van der Waals surface area (Å²) in [7, 11) is 0. The fourth-order valence-corrected chi connectivity index (χ4v) is 1.95. The normalized spacial score (nSPS) is 16.8. The highest BCUT2D eigenvalue weighted by Crippen LogP contribution is 2.37. The van der Waals surface area contributed by atoms with Crippen molar-refractivity contribution in [3.8, 4) is 0 Å². The molecule has 2 N–H and O–H groups in total. The summed E-state index contributed by atoms with van der Waals surface area (Å²) < 4.78 is 13.5. The molecule has 0 bridgehead atoms. The first-order valence-corrected chi connectivity index (χ1v) is 5.29. The van der Waals surface area contributed by atoms with Crippen LogP contribution in [0.5, 0.6) is 0 Å². The smallest absolute Gasteiger partial charge is 0.269 e. The van der Waals surface area contributed by atoms with E-state index in [1.54, 1.807) is 0 Å². The van der Waals surface area contributed by atoms with E-state index < -0.39 is 16.8 Å². The molecule has 0 spiro atoms. The van der Waals surface area contributed by atoms with Crippen LogP contribution in [0.2, 0.25) is 0 Å². The first-order valence-electron chi connectivity index (χ1n) is 5.29. The van der Waals surface area contributed by atoms with Gasteiger partial charge in [0.1, 0.15) is 5.82 Å².